The van der Waals surface area contributed by atoms with Crippen LogP contribution in [0.3, 0.4) is 0 Å². The van der Waals surface area contributed by atoms with E-state index in [0.29, 0.717) is 17.9 Å². The van der Waals surface area contributed by atoms with Crippen LogP contribution >= 0.6 is 0 Å². The summed E-state index contributed by atoms with van der Waals surface area (Å²) in [5.41, 5.74) is 6.98. The Morgan fingerprint density at radius 1 is 1.16 bits per heavy atom. The number of primary amides is 1. The molecular weight excluding hydrogens is 401 g/mol. The van der Waals surface area contributed by atoms with E-state index in [1.54, 1.807) is 24.3 Å². The molecule has 0 spiro atoms. The fourth-order valence-electron chi connectivity index (χ4n) is 5.40. The fourth-order valence-corrected chi connectivity index (χ4v) is 5.40. The molecule has 0 radical (unpaired) electrons. The Morgan fingerprint density at radius 2 is 1.97 bits per heavy atom. The van der Waals surface area contributed by atoms with E-state index in [9.17, 15) is 14.0 Å². The number of carbonyl (C=O) groups excluding carboxylic acids is 2. The third-order valence-electron chi connectivity index (χ3n) is 6.61. The number of carbonyl (C=O) groups is 2. The van der Waals surface area contributed by atoms with Crippen LogP contribution in [-0.4, -0.2) is 40.9 Å². The molecule has 6 N–H and O–H groups in total. The Morgan fingerprint density at radius 3 is 2.77 bits per heavy atom. The van der Waals surface area contributed by atoms with Crippen molar-refractivity contribution < 1.29 is 14.0 Å². The van der Waals surface area contributed by atoms with Crippen LogP contribution in [0, 0.1) is 29.5 Å². The maximum atomic E-state index is 14.6. The number of hydrogen-bond donors (Lipinski definition) is 5. The summed E-state index contributed by atoms with van der Waals surface area (Å²) in [5.74, 6) is -0.719. The molecule has 0 unspecified atom stereocenters. The van der Waals surface area contributed by atoms with Crippen LogP contribution in [0.2, 0.25) is 0 Å². The Bertz CT molecular complexity index is 1030. The van der Waals surface area contributed by atoms with Gasteiger partial charge in [0.15, 0.2) is 11.6 Å². The summed E-state index contributed by atoms with van der Waals surface area (Å²) in [5, 5.41) is 12.3. The predicted octanol–water partition coefficient (Wildman–Crippen LogP) is 1.44. The summed E-state index contributed by atoms with van der Waals surface area (Å²) in [6, 6.07) is 6.79. The summed E-state index contributed by atoms with van der Waals surface area (Å²) in [6.07, 6.45) is 2.79. The van der Waals surface area contributed by atoms with Gasteiger partial charge in [0.05, 0.1) is 18.7 Å². The molecule has 5 rings (SSSR count). The van der Waals surface area contributed by atoms with Crippen LogP contribution in [0.5, 0.6) is 0 Å². The molecule has 6 bridgehead atoms. The molecule has 2 heterocycles. The molecule has 31 heavy (non-hydrogen) atoms. The monoisotopic (exact) mass is 425 g/mol. The molecule has 2 aliphatic carbocycles. The van der Waals surface area contributed by atoms with Gasteiger partial charge in [-0.05, 0) is 55.3 Å². The molecule has 5 atom stereocenters. The van der Waals surface area contributed by atoms with E-state index in [4.69, 9.17) is 5.73 Å². The number of aromatic nitrogens is 2. The van der Waals surface area contributed by atoms with Crippen LogP contribution in [-0.2, 0) is 9.59 Å². The van der Waals surface area contributed by atoms with E-state index in [0.717, 1.165) is 19.0 Å². The van der Waals surface area contributed by atoms with Crippen molar-refractivity contribution in [2.75, 3.05) is 29.0 Å². The van der Waals surface area contributed by atoms with Gasteiger partial charge in [-0.3, -0.25) is 9.59 Å². The van der Waals surface area contributed by atoms with Crippen LogP contribution in [0.1, 0.15) is 12.8 Å². The zero-order valence-electron chi connectivity index (χ0n) is 16.8. The first-order valence-electron chi connectivity index (χ1n) is 10.4. The van der Waals surface area contributed by atoms with Gasteiger partial charge in [-0.1, -0.05) is 6.07 Å². The SMILES string of the molecule is NC(=O)[C@H]1[C@H]2C[C@H]3CNCC(=O)Nc4cccc(c4)Nc4ncc(F)c(n4)N[C@@H]1[C@@H]3C2. The van der Waals surface area contributed by atoms with Crippen molar-refractivity contribution in [2.24, 2.45) is 29.4 Å². The summed E-state index contributed by atoms with van der Waals surface area (Å²) < 4.78 is 14.6. The van der Waals surface area contributed by atoms with Crippen molar-refractivity contribution in [3.05, 3.63) is 36.3 Å². The number of halogens is 1. The van der Waals surface area contributed by atoms with Gasteiger partial charge in [-0.15, -0.1) is 0 Å². The van der Waals surface area contributed by atoms with Gasteiger partial charge in [0, 0.05) is 17.4 Å². The lowest BCUT2D eigenvalue weighted by molar-refractivity contribution is -0.123. The summed E-state index contributed by atoms with van der Waals surface area (Å²) >= 11 is 0. The average molecular weight is 425 g/mol. The van der Waals surface area contributed by atoms with Crippen molar-refractivity contribution in [1.82, 2.24) is 15.3 Å². The second kappa shape index (κ2) is 7.77. The van der Waals surface area contributed by atoms with E-state index in [1.807, 2.05) is 0 Å². The lowest BCUT2D eigenvalue weighted by atomic mass is 9.77. The van der Waals surface area contributed by atoms with Crippen LogP contribution < -0.4 is 27.0 Å². The average Bonchev–Trinajstić information content (AvgIpc) is 3.28. The maximum Gasteiger partial charge on any atom is 0.238 e. The smallest absolute Gasteiger partial charge is 0.238 e. The summed E-state index contributed by atoms with van der Waals surface area (Å²) in [7, 11) is 0. The predicted molar refractivity (Wildman–Crippen MR) is 113 cm³/mol. The highest BCUT2D eigenvalue weighted by Crippen LogP contribution is 2.52. The van der Waals surface area contributed by atoms with Crippen molar-refractivity contribution >= 4 is 35.0 Å². The number of nitrogens with zero attached hydrogens (tertiary/aromatic N) is 2. The molecule has 2 aromatic rings. The van der Waals surface area contributed by atoms with Gasteiger partial charge in [0.2, 0.25) is 17.8 Å². The Hall–Kier alpha value is -3.27. The van der Waals surface area contributed by atoms with Gasteiger partial charge >= 0.3 is 0 Å². The first-order chi connectivity index (χ1) is 15.0. The van der Waals surface area contributed by atoms with Gasteiger partial charge in [-0.2, -0.15) is 4.98 Å². The van der Waals surface area contributed by atoms with Crippen molar-refractivity contribution in [3.8, 4) is 0 Å². The third-order valence-corrected chi connectivity index (χ3v) is 6.61. The number of amides is 2. The normalized spacial score (nSPS) is 29.6. The quantitative estimate of drug-likeness (QED) is 0.467. The zero-order chi connectivity index (χ0) is 21.5. The molecule has 162 valence electrons. The molecule has 3 aliphatic rings. The molecule has 2 fully saturated rings. The minimum absolute atomic E-state index is 0.0459. The lowest BCUT2D eigenvalue weighted by Crippen LogP contribution is -2.47. The van der Waals surface area contributed by atoms with Crippen LogP contribution in [0.4, 0.5) is 27.5 Å². The number of anilines is 4. The van der Waals surface area contributed by atoms with E-state index < -0.39 is 5.82 Å². The number of nitrogens with one attached hydrogen (secondary N) is 4. The number of hydrogen-bond acceptors (Lipinski definition) is 7. The van der Waals surface area contributed by atoms with Crippen LogP contribution in [0.15, 0.2) is 30.5 Å². The Kier molecular flexibility index (Phi) is 4.93. The first kappa shape index (κ1) is 19.7. The fraction of sp³-hybridized carbons (Fsp3) is 0.429. The van der Waals surface area contributed by atoms with E-state index >= 15 is 0 Å². The number of nitrogens with two attached hydrogens (primary N) is 1. The van der Waals surface area contributed by atoms with Crippen molar-refractivity contribution in [3.63, 3.8) is 0 Å². The second-order valence-electron chi connectivity index (χ2n) is 8.53. The third kappa shape index (κ3) is 3.78. The molecule has 0 saturated heterocycles. The highest BCUT2D eigenvalue weighted by molar-refractivity contribution is 5.92. The van der Waals surface area contributed by atoms with E-state index in [2.05, 4.69) is 31.2 Å². The number of rotatable bonds is 1. The van der Waals surface area contributed by atoms with Gasteiger partial charge in [0.1, 0.15) is 0 Å². The van der Waals surface area contributed by atoms with Crippen LogP contribution in [0.25, 0.3) is 0 Å². The Labute approximate surface area is 178 Å². The standard InChI is InChI=1S/C21H24FN7O2/c22-15-8-25-21-27-13-3-1-2-12(6-13)26-16(30)9-24-7-11-4-10-5-14(11)18(17(10)19(23)31)28-20(15)29-21/h1-3,6,8,10-11,14,17-18,24H,4-5,7,9H2,(H2,23,31)(H,26,30)(H2,25,27,28,29)/t10-,11-,14+,17-,18+/m0/s1. The van der Waals surface area contributed by atoms with Gasteiger partial charge < -0.3 is 27.0 Å². The first-order valence-corrected chi connectivity index (χ1v) is 10.4. The highest BCUT2D eigenvalue weighted by atomic mass is 19.1. The number of fused-ring (bicyclic) bond motifs is 5. The molecule has 1 aromatic heterocycles. The summed E-state index contributed by atoms with van der Waals surface area (Å²) in [6.45, 7) is 0.816. The Balaban J connectivity index is 1.50. The van der Waals surface area contributed by atoms with Gasteiger partial charge in [-0.25, -0.2) is 9.37 Å². The topological polar surface area (TPSA) is 134 Å². The number of benzene rings is 1. The molecule has 2 saturated carbocycles. The molecule has 1 aliphatic heterocycles. The maximum absolute atomic E-state index is 14.6. The second-order valence-corrected chi connectivity index (χ2v) is 8.53. The molecule has 1 aromatic carbocycles. The minimum Gasteiger partial charge on any atom is -0.369 e. The summed E-state index contributed by atoms with van der Waals surface area (Å²) in [4.78, 5) is 32.8. The molecule has 2 amide bonds. The van der Waals surface area contributed by atoms with E-state index in [-0.39, 0.29) is 59.8 Å². The largest absolute Gasteiger partial charge is 0.369 e. The van der Waals surface area contributed by atoms with Crippen molar-refractivity contribution in [1.29, 1.82) is 0 Å². The lowest BCUT2D eigenvalue weighted by Gasteiger charge is -2.35. The molecular formula is C21H24FN7O2. The zero-order valence-corrected chi connectivity index (χ0v) is 16.8. The van der Waals surface area contributed by atoms with Crippen molar-refractivity contribution in [2.45, 2.75) is 18.9 Å². The van der Waals surface area contributed by atoms with E-state index in [1.165, 1.54) is 0 Å². The minimum atomic E-state index is -0.589. The van der Waals surface area contributed by atoms with Gasteiger partial charge in [0.25, 0.3) is 0 Å². The molecule has 9 nitrogen and oxygen atoms in total. The molecule has 10 heteroatoms. The highest BCUT2D eigenvalue weighted by Gasteiger charge is 2.54.